The summed E-state index contributed by atoms with van der Waals surface area (Å²) in [5.74, 6) is -0.345. The average molecular weight is 407 g/mol. The number of anilines is 1. The van der Waals surface area contributed by atoms with Gasteiger partial charge in [0, 0.05) is 19.3 Å². The predicted octanol–water partition coefficient (Wildman–Crippen LogP) is 4.21. The van der Waals surface area contributed by atoms with Crippen molar-refractivity contribution in [3.05, 3.63) is 59.7 Å². The Hall–Kier alpha value is -3.06. The van der Waals surface area contributed by atoms with E-state index in [1.54, 1.807) is 0 Å². The molecule has 1 N–H and O–H groups in total. The van der Waals surface area contributed by atoms with Crippen molar-refractivity contribution in [3.8, 4) is 0 Å². The normalized spacial score (nSPS) is 13.6. The molecular weight excluding hydrogens is 384 g/mol. The van der Waals surface area contributed by atoms with Gasteiger partial charge in [-0.25, -0.2) is 9.99 Å². The van der Waals surface area contributed by atoms with Crippen molar-refractivity contribution in [2.75, 3.05) is 11.9 Å². The standard InChI is InChI=1S/C22H22N4O2S/c1-2-15-8-9-18-19(14-15)29-22(23-18)24-20(27)10-11-21(28)26-13-12-17(25-26)16-6-4-3-5-7-16/h3-9,14H,2,10-13H2,1H3,(H,23,24,27). The minimum Gasteiger partial charge on any atom is -0.302 e. The molecule has 2 heterocycles. The van der Waals surface area contributed by atoms with Crippen LogP contribution < -0.4 is 5.32 Å². The van der Waals surface area contributed by atoms with Gasteiger partial charge in [-0.05, 0) is 29.7 Å². The van der Waals surface area contributed by atoms with E-state index in [0.29, 0.717) is 11.7 Å². The molecule has 4 rings (SSSR count). The quantitative estimate of drug-likeness (QED) is 0.666. The second kappa shape index (κ2) is 8.53. The van der Waals surface area contributed by atoms with Gasteiger partial charge < -0.3 is 5.32 Å². The maximum atomic E-state index is 12.4. The number of aryl methyl sites for hydroxylation is 1. The molecule has 3 aromatic rings. The summed E-state index contributed by atoms with van der Waals surface area (Å²) < 4.78 is 1.05. The molecule has 7 heteroatoms. The van der Waals surface area contributed by atoms with Gasteiger partial charge in [-0.2, -0.15) is 5.10 Å². The summed E-state index contributed by atoms with van der Waals surface area (Å²) in [4.78, 5) is 29.1. The number of benzene rings is 2. The summed E-state index contributed by atoms with van der Waals surface area (Å²) in [7, 11) is 0. The lowest BCUT2D eigenvalue weighted by atomic mass is 10.1. The van der Waals surface area contributed by atoms with Crippen molar-refractivity contribution in [3.63, 3.8) is 0 Å². The van der Waals surface area contributed by atoms with Gasteiger partial charge in [-0.3, -0.25) is 9.59 Å². The summed E-state index contributed by atoms with van der Waals surface area (Å²) in [6, 6.07) is 16.0. The number of amides is 2. The Morgan fingerprint density at radius 2 is 1.97 bits per heavy atom. The van der Waals surface area contributed by atoms with Crippen molar-refractivity contribution in [1.82, 2.24) is 9.99 Å². The molecule has 6 nitrogen and oxygen atoms in total. The van der Waals surface area contributed by atoms with E-state index in [4.69, 9.17) is 0 Å². The van der Waals surface area contributed by atoms with Gasteiger partial charge in [0.1, 0.15) is 0 Å². The number of hydrazone groups is 1. The van der Waals surface area contributed by atoms with E-state index in [-0.39, 0.29) is 24.7 Å². The summed E-state index contributed by atoms with van der Waals surface area (Å²) in [5.41, 5.74) is 4.05. The first-order valence-electron chi connectivity index (χ1n) is 9.75. The first-order valence-corrected chi connectivity index (χ1v) is 10.6. The fourth-order valence-electron chi connectivity index (χ4n) is 3.24. The number of fused-ring (bicyclic) bond motifs is 1. The van der Waals surface area contributed by atoms with Crippen LogP contribution >= 0.6 is 11.3 Å². The van der Waals surface area contributed by atoms with E-state index >= 15 is 0 Å². The highest BCUT2D eigenvalue weighted by molar-refractivity contribution is 7.22. The lowest BCUT2D eigenvalue weighted by molar-refractivity contribution is -0.132. The number of carbonyl (C=O) groups is 2. The monoisotopic (exact) mass is 406 g/mol. The maximum absolute atomic E-state index is 12.4. The molecule has 0 atom stereocenters. The van der Waals surface area contributed by atoms with E-state index in [1.807, 2.05) is 42.5 Å². The third kappa shape index (κ3) is 4.51. The van der Waals surface area contributed by atoms with Gasteiger partial charge in [0.05, 0.1) is 22.5 Å². The Morgan fingerprint density at radius 3 is 2.76 bits per heavy atom. The average Bonchev–Trinajstić information content (AvgIpc) is 3.39. The second-order valence-corrected chi connectivity index (χ2v) is 7.93. The zero-order valence-electron chi connectivity index (χ0n) is 16.2. The molecule has 1 aromatic heterocycles. The van der Waals surface area contributed by atoms with Crippen LogP contribution in [0.2, 0.25) is 0 Å². The summed E-state index contributed by atoms with van der Waals surface area (Å²) in [6.07, 6.45) is 1.93. The molecule has 29 heavy (non-hydrogen) atoms. The van der Waals surface area contributed by atoms with Crippen LogP contribution in [0.3, 0.4) is 0 Å². The largest absolute Gasteiger partial charge is 0.302 e. The zero-order chi connectivity index (χ0) is 20.2. The molecule has 2 amide bonds. The number of carbonyl (C=O) groups excluding carboxylic acids is 2. The molecule has 0 radical (unpaired) electrons. The Labute approximate surface area is 173 Å². The van der Waals surface area contributed by atoms with Crippen LogP contribution in [0.4, 0.5) is 5.13 Å². The van der Waals surface area contributed by atoms with Gasteiger partial charge in [0.25, 0.3) is 0 Å². The first-order chi connectivity index (χ1) is 14.1. The lowest BCUT2D eigenvalue weighted by Gasteiger charge is -2.10. The number of thiazole rings is 1. The number of nitrogens with one attached hydrogen (secondary N) is 1. The van der Waals surface area contributed by atoms with Crippen molar-refractivity contribution < 1.29 is 9.59 Å². The molecule has 0 aliphatic carbocycles. The maximum Gasteiger partial charge on any atom is 0.243 e. The van der Waals surface area contributed by atoms with Gasteiger partial charge >= 0.3 is 0 Å². The van der Waals surface area contributed by atoms with E-state index in [2.05, 4.69) is 28.4 Å². The SMILES string of the molecule is CCc1ccc2nc(NC(=O)CCC(=O)N3CCC(c4ccccc4)=N3)sc2c1. The lowest BCUT2D eigenvalue weighted by Crippen LogP contribution is -2.24. The van der Waals surface area contributed by atoms with E-state index in [9.17, 15) is 9.59 Å². The number of hydrogen-bond donors (Lipinski definition) is 1. The fourth-order valence-corrected chi connectivity index (χ4v) is 4.19. The molecule has 2 aromatic carbocycles. The molecule has 1 aliphatic rings. The Kier molecular flexibility index (Phi) is 5.67. The number of nitrogens with zero attached hydrogens (tertiary/aromatic N) is 3. The number of rotatable bonds is 6. The van der Waals surface area contributed by atoms with Crippen molar-refractivity contribution >= 4 is 44.2 Å². The Morgan fingerprint density at radius 1 is 1.14 bits per heavy atom. The second-order valence-electron chi connectivity index (χ2n) is 6.90. The molecular formula is C22H22N4O2S. The molecule has 0 unspecified atom stereocenters. The highest BCUT2D eigenvalue weighted by Gasteiger charge is 2.22. The number of aromatic nitrogens is 1. The molecule has 0 fully saturated rings. The van der Waals surface area contributed by atoms with Crippen molar-refractivity contribution in [1.29, 1.82) is 0 Å². The Bertz CT molecular complexity index is 1070. The predicted molar refractivity (Wildman–Crippen MR) is 116 cm³/mol. The van der Waals surface area contributed by atoms with Crippen LogP contribution in [-0.2, 0) is 16.0 Å². The van der Waals surface area contributed by atoms with E-state index in [1.165, 1.54) is 21.9 Å². The third-order valence-corrected chi connectivity index (χ3v) is 5.80. The highest BCUT2D eigenvalue weighted by atomic mass is 32.1. The smallest absolute Gasteiger partial charge is 0.243 e. The summed E-state index contributed by atoms with van der Waals surface area (Å²) in [5, 5.41) is 9.27. The first kappa shape index (κ1) is 19.3. The molecule has 148 valence electrons. The van der Waals surface area contributed by atoms with Gasteiger partial charge in [0.2, 0.25) is 11.8 Å². The number of hydrogen-bond acceptors (Lipinski definition) is 5. The summed E-state index contributed by atoms with van der Waals surface area (Å²) in [6.45, 7) is 2.66. The van der Waals surface area contributed by atoms with Crippen LogP contribution in [0, 0.1) is 0 Å². The molecule has 0 saturated carbocycles. The molecule has 0 spiro atoms. The minimum atomic E-state index is -0.209. The fraction of sp³-hybridized carbons (Fsp3) is 0.273. The van der Waals surface area contributed by atoms with Gasteiger partial charge in [-0.1, -0.05) is 54.7 Å². The van der Waals surface area contributed by atoms with Crippen LogP contribution in [0.25, 0.3) is 10.2 Å². The Balaban J connectivity index is 1.31. The van der Waals surface area contributed by atoms with Crippen molar-refractivity contribution in [2.45, 2.75) is 32.6 Å². The zero-order valence-corrected chi connectivity index (χ0v) is 17.0. The topological polar surface area (TPSA) is 74.7 Å². The van der Waals surface area contributed by atoms with Crippen molar-refractivity contribution in [2.24, 2.45) is 5.10 Å². The van der Waals surface area contributed by atoms with Crippen LogP contribution in [0.15, 0.2) is 53.6 Å². The third-order valence-electron chi connectivity index (χ3n) is 4.87. The minimum absolute atomic E-state index is 0.113. The van der Waals surface area contributed by atoms with Crippen LogP contribution in [-0.4, -0.2) is 34.1 Å². The summed E-state index contributed by atoms with van der Waals surface area (Å²) >= 11 is 1.45. The molecule has 1 aliphatic heterocycles. The molecule has 0 bridgehead atoms. The van der Waals surface area contributed by atoms with E-state index < -0.39 is 0 Å². The van der Waals surface area contributed by atoms with E-state index in [0.717, 1.165) is 34.3 Å². The van der Waals surface area contributed by atoms with Gasteiger partial charge in [-0.15, -0.1) is 0 Å². The van der Waals surface area contributed by atoms with Gasteiger partial charge in [0.15, 0.2) is 5.13 Å². The molecule has 0 saturated heterocycles. The highest BCUT2D eigenvalue weighted by Crippen LogP contribution is 2.27. The van der Waals surface area contributed by atoms with Crippen LogP contribution in [0.5, 0.6) is 0 Å². The van der Waals surface area contributed by atoms with Crippen LogP contribution in [0.1, 0.15) is 37.3 Å².